The molecule has 11 aromatic rings. The number of nitrogens with zero attached hydrogens (tertiary/aromatic N) is 5. The quantitative estimate of drug-likeness (QED) is 0.162. The lowest BCUT2D eigenvalue weighted by Gasteiger charge is -2.21. The summed E-state index contributed by atoms with van der Waals surface area (Å²) in [5.41, 5.74) is 13.6. The van der Waals surface area contributed by atoms with E-state index >= 15 is 0 Å². The Bertz CT molecular complexity index is 3730. The first-order chi connectivity index (χ1) is 30.9. The van der Waals surface area contributed by atoms with Crippen LogP contribution in [0.15, 0.2) is 188 Å². The minimum Gasteiger partial charge on any atom is -0.256 e. The van der Waals surface area contributed by atoms with Crippen LogP contribution in [0.1, 0.15) is 30.5 Å². The Hall–Kier alpha value is -8.33. The van der Waals surface area contributed by atoms with Crippen molar-refractivity contribution in [2.45, 2.75) is 19.3 Å². The smallest absolute Gasteiger partial charge is 0.164 e. The van der Waals surface area contributed by atoms with Crippen LogP contribution < -0.4 is 0 Å². The van der Waals surface area contributed by atoms with Gasteiger partial charge in [-0.2, -0.15) is 5.26 Å². The number of fused-ring (bicyclic) bond motifs is 9. The molecule has 294 valence electrons. The number of rotatable bonds is 5. The van der Waals surface area contributed by atoms with E-state index in [1.54, 1.807) is 0 Å². The molecule has 0 amide bonds. The van der Waals surface area contributed by atoms with Crippen molar-refractivity contribution in [3.63, 3.8) is 0 Å². The Morgan fingerprint density at radius 1 is 0.381 bits per heavy atom. The third kappa shape index (κ3) is 5.76. The summed E-state index contributed by atoms with van der Waals surface area (Å²) in [6.07, 6.45) is 1.87. The highest BCUT2D eigenvalue weighted by molar-refractivity contribution is 6.24. The Morgan fingerprint density at radius 2 is 0.952 bits per heavy atom. The summed E-state index contributed by atoms with van der Waals surface area (Å²) in [5.74, 6) is 1.86. The fraction of sp³-hybridized carbons (Fsp3) is 0.0517. The third-order valence-corrected chi connectivity index (χ3v) is 13.0. The summed E-state index contributed by atoms with van der Waals surface area (Å²) < 4.78 is 0. The van der Waals surface area contributed by atoms with E-state index < -0.39 is 0 Å². The first kappa shape index (κ1) is 36.5. The Balaban J connectivity index is 1.03. The van der Waals surface area contributed by atoms with Gasteiger partial charge in [0.2, 0.25) is 0 Å². The van der Waals surface area contributed by atoms with Gasteiger partial charge in [0.25, 0.3) is 0 Å². The van der Waals surface area contributed by atoms with Crippen LogP contribution in [0.3, 0.4) is 0 Å². The molecule has 1 aliphatic carbocycles. The fourth-order valence-corrected chi connectivity index (χ4v) is 9.92. The molecule has 0 aliphatic heterocycles. The van der Waals surface area contributed by atoms with Gasteiger partial charge in [-0.1, -0.05) is 159 Å². The first-order valence-electron chi connectivity index (χ1n) is 21.3. The van der Waals surface area contributed by atoms with E-state index in [9.17, 15) is 5.26 Å². The maximum atomic E-state index is 9.95. The van der Waals surface area contributed by atoms with Crippen LogP contribution >= 0.6 is 0 Å². The molecule has 0 radical (unpaired) electrons. The lowest BCUT2D eigenvalue weighted by Crippen LogP contribution is -2.15. The second-order valence-corrected chi connectivity index (χ2v) is 16.9. The number of benzene rings is 9. The van der Waals surface area contributed by atoms with Gasteiger partial charge < -0.3 is 0 Å². The highest BCUT2D eigenvalue weighted by Gasteiger charge is 2.35. The van der Waals surface area contributed by atoms with Crippen molar-refractivity contribution in [3.8, 4) is 73.6 Å². The normalized spacial score (nSPS) is 12.7. The molecule has 5 nitrogen and oxygen atoms in total. The Morgan fingerprint density at radius 3 is 1.75 bits per heavy atom. The van der Waals surface area contributed by atoms with Crippen LogP contribution in [0.25, 0.3) is 111 Å². The molecule has 0 spiro atoms. The maximum absolute atomic E-state index is 9.95. The number of pyridine rings is 1. The van der Waals surface area contributed by atoms with Crippen molar-refractivity contribution in [2.24, 2.45) is 0 Å². The molecule has 0 bridgehead atoms. The average Bonchev–Trinajstić information content (AvgIpc) is 3.58. The molecule has 9 aromatic carbocycles. The molecule has 2 aromatic heterocycles. The molecule has 0 N–H and O–H groups in total. The van der Waals surface area contributed by atoms with Gasteiger partial charge in [-0.3, -0.25) is 4.98 Å². The van der Waals surface area contributed by atoms with Gasteiger partial charge in [0.05, 0.1) is 17.1 Å². The molecule has 0 fully saturated rings. The van der Waals surface area contributed by atoms with Gasteiger partial charge in [0, 0.05) is 44.6 Å². The molecule has 12 rings (SSSR count). The molecule has 0 saturated heterocycles. The number of nitriles is 1. The second-order valence-electron chi connectivity index (χ2n) is 16.9. The third-order valence-electron chi connectivity index (χ3n) is 13.0. The van der Waals surface area contributed by atoms with Crippen molar-refractivity contribution >= 4 is 43.2 Å². The largest absolute Gasteiger partial charge is 0.256 e. The second kappa shape index (κ2) is 14.1. The SMILES string of the molecule is CC1(C)c2ccccc2-c2ccc(-c3nc(-c4ccccc4)nc(-c4cccc(-c5cc6c7ccccc7c(-c7ccc(C#N)c8ccccc78)cc6c6cccnc56)c4)n3)cc21. The zero-order valence-electron chi connectivity index (χ0n) is 34.6. The maximum Gasteiger partial charge on any atom is 0.164 e. The van der Waals surface area contributed by atoms with Gasteiger partial charge in [0.1, 0.15) is 0 Å². The number of aromatic nitrogens is 4. The standard InChI is InChI=1S/C58H37N5/c1-58(2)52-24-11-10-22-45(52)46-28-25-38(31-53(46)58)57-62-55(35-14-4-3-5-15-35)61-56(63-57)37-17-12-16-36(30-37)48-32-50-43-21-9-8-20-42(43)49(33-51(50)47-23-13-29-60-54(47)48)44-27-26-39(34-59)40-18-6-7-19-41(40)44/h3-33H,1-2H3. The van der Waals surface area contributed by atoms with Crippen LogP contribution in [-0.4, -0.2) is 19.9 Å². The topological polar surface area (TPSA) is 75.3 Å². The van der Waals surface area contributed by atoms with Crippen molar-refractivity contribution in [3.05, 3.63) is 205 Å². The molecule has 63 heavy (non-hydrogen) atoms. The first-order valence-corrected chi connectivity index (χ1v) is 21.3. The zero-order chi connectivity index (χ0) is 42.2. The number of hydrogen-bond acceptors (Lipinski definition) is 5. The van der Waals surface area contributed by atoms with E-state index in [1.165, 1.54) is 22.3 Å². The zero-order valence-corrected chi connectivity index (χ0v) is 34.6. The summed E-state index contributed by atoms with van der Waals surface area (Å²) in [7, 11) is 0. The predicted octanol–water partition coefficient (Wildman–Crippen LogP) is 14.4. The van der Waals surface area contributed by atoms with E-state index in [0.29, 0.717) is 23.0 Å². The Labute approximate surface area is 364 Å². The van der Waals surface area contributed by atoms with Crippen LogP contribution in [-0.2, 0) is 5.41 Å². The minimum absolute atomic E-state index is 0.157. The summed E-state index contributed by atoms with van der Waals surface area (Å²) in [6.45, 7) is 4.59. The Kier molecular flexibility index (Phi) is 8.19. The fourth-order valence-electron chi connectivity index (χ4n) is 9.92. The molecule has 2 heterocycles. The van der Waals surface area contributed by atoms with Gasteiger partial charge in [0.15, 0.2) is 17.5 Å². The van der Waals surface area contributed by atoms with Crippen LogP contribution in [0.5, 0.6) is 0 Å². The number of hydrogen-bond donors (Lipinski definition) is 0. The van der Waals surface area contributed by atoms with Crippen LogP contribution in [0, 0.1) is 11.3 Å². The molecule has 0 atom stereocenters. The summed E-state index contributed by atoms with van der Waals surface area (Å²) in [5, 5.41) is 17.6. The van der Waals surface area contributed by atoms with Gasteiger partial charge in [-0.05, 0) is 102 Å². The lowest BCUT2D eigenvalue weighted by atomic mass is 9.82. The van der Waals surface area contributed by atoms with Crippen molar-refractivity contribution in [2.75, 3.05) is 0 Å². The van der Waals surface area contributed by atoms with Gasteiger partial charge >= 0.3 is 0 Å². The van der Waals surface area contributed by atoms with Crippen molar-refractivity contribution < 1.29 is 0 Å². The summed E-state index contributed by atoms with van der Waals surface area (Å²) in [6, 6.07) is 66.0. The van der Waals surface area contributed by atoms with Gasteiger partial charge in [-0.15, -0.1) is 0 Å². The lowest BCUT2D eigenvalue weighted by molar-refractivity contribution is 0.660. The van der Waals surface area contributed by atoms with Crippen molar-refractivity contribution in [1.82, 2.24) is 19.9 Å². The summed E-state index contributed by atoms with van der Waals surface area (Å²) in [4.78, 5) is 20.5. The summed E-state index contributed by atoms with van der Waals surface area (Å²) >= 11 is 0. The molecule has 0 saturated carbocycles. The molecular weight excluding hydrogens is 767 g/mol. The van der Waals surface area contributed by atoms with Crippen molar-refractivity contribution in [1.29, 1.82) is 5.26 Å². The van der Waals surface area contributed by atoms with E-state index in [4.69, 9.17) is 19.9 Å². The molecule has 5 heteroatoms. The monoisotopic (exact) mass is 803 g/mol. The molecule has 1 aliphatic rings. The highest BCUT2D eigenvalue weighted by atomic mass is 15.0. The van der Waals surface area contributed by atoms with Crippen LogP contribution in [0.2, 0.25) is 0 Å². The van der Waals surface area contributed by atoms with E-state index in [-0.39, 0.29) is 5.41 Å². The van der Waals surface area contributed by atoms with E-state index in [2.05, 4.69) is 141 Å². The molecular formula is C58H37N5. The molecule has 0 unspecified atom stereocenters. The van der Waals surface area contributed by atoms with Gasteiger partial charge in [-0.25, -0.2) is 15.0 Å². The predicted molar refractivity (Wildman–Crippen MR) is 257 cm³/mol. The van der Waals surface area contributed by atoms with E-state index in [1.807, 2.05) is 66.9 Å². The average molecular weight is 804 g/mol. The van der Waals surface area contributed by atoms with Crippen LogP contribution in [0.4, 0.5) is 0 Å². The van der Waals surface area contributed by atoms with E-state index in [0.717, 1.165) is 82.2 Å². The minimum atomic E-state index is -0.157. The highest BCUT2D eigenvalue weighted by Crippen LogP contribution is 2.50.